The van der Waals surface area contributed by atoms with Gasteiger partial charge in [0, 0.05) is 43.4 Å². The minimum absolute atomic E-state index is 0.597. The van der Waals surface area contributed by atoms with Gasteiger partial charge in [-0.1, -0.05) is 48.0 Å². The van der Waals surface area contributed by atoms with E-state index in [9.17, 15) is 0 Å². The molecular formula is C20H21ClN6. The van der Waals surface area contributed by atoms with Gasteiger partial charge in [-0.3, -0.25) is 0 Å². The Morgan fingerprint density at radius 1 is 0.889 bits per heavy atom. The molecule has 1 aromatic heterocycles. The SMILES string of the molecule is Clc1ccccc1CNc1cnnc(N2CCN(c3ccccc3)CC2)n1. The zero-order valence-corrected chi connectivity index (χ0v) is 15.7. The van der Waals surface area contributed by atoms with Crippen LogP contribution in [-0.4, -0.2) is 41.4 Å². The number of piperazine rings is 1. The number of nitrogens with one attached hydrogen (secondary N) is 1. The molecule has 0 atom stereocenters. The third kappa shape index (κ3) is 4.28. The van der Waals surface area contributed by atoms with E-state index in [2.05, 4.69) is 54.6 Å². The van der Waals surface area contributed by atoms with Crippen molar-refractivity contribution >= 4 is 29.1 Å². The topological polar surface area (TPSA) is 57.2 Å². The third-order valence-electron chi connectivity index (χ3n) is 4.65. The van der Waals surface area contributed by atoms with E-state index in [0.717, 1.165) is 36.8 Å². The summed E-state index contributed by atoms with van der Waals surface area (Å²) in [5.41, 5.74) is 2.28. The summed E-state index contributed by atoms with van der Waals surface area (Å²) < 4.78 is 0. The van der Waals surface area contributed by atoms with Crippen molar-refractivity contribution in [1.82, 2.24) is 15.2 Å². The van der Waals surface area contributed by atoms with Gasteiger partial charge in [0.05, 0.1) is 6.20 Å². The molecule has 3 aromatic rings. The molecule has 1 aliphatic rings. The van der Waals surface area contributed by atoms with Gasteiger partial charge in [-0.25, -0.2) is 0 Å². The Hall–Kier alpha value is -2.86. The highest BCUT2D eigenvalue weighted by molar-refractivity contribution is 6.31. The van der Waals surface area contributed by atoms with Crippen LogP contribution >= 0.6 is 11.6 Å². The van der Waals surface area contributed by atoms with Crippen LogP contribution in [-0.2, 0) is 6.54 Å². The maximum absolute atomic E-state index is 6.21. The normalized spacial score (nSPS) is 14.3. The highest BCUT2D eigenvalue weighted by atomic mass is 35.5. The van der Waals surface area contributed by atoms with Crippen molar-refractivity contribution in [3.8, 4) is 0 Å². The highest BCUT2D eigenvalue weighted by Gasteiger charge is 2.19. The molecule has 2 heterocycles. The minimum atomic E-state index is 0.597. The number of hydrogen-bond donors (Lipinski definition) is 1. The molecule has 138 valence electrons. The maximum atomic E-state index is 6.21. The number of nitrogens with zero attached hydrogens (tertiary/aromatic N) is 5. The van der Waals surface area contributed by atoms with Crippen LogP contribution < -0.4 is 15.1 Å². The lowest BCUT2D eigenvalue weighted by Crippen LogP contribution is -2.47. The third-order valence-corrected chi connectivity index (χ3v) is 5.02. The summed E-state index contributed by atoms with van der Waals surface area (Å²) in [6, 6.07) is 18.2. The summed E-state index contributed by atoms with van der Waals surface area (Å²) in [6.07, 6.45) is 1.64. The van der Waals surface area contributed by atoms with Crippen LogP contribution in [0.3, 0.4) is 0 Å². The molecular weight excluding hydrogens is 360 g/mol. The van der Waals surface area contributed by atoms with Crippen molar-refractivity contribution in [1.29, 1.82) is 0 Å². The molecule has 1 fully saturated rings. The highest BCUT2D eigenvalue weighted by Crippen LogP contribution is 2.19. The van der Waals surface area contributed by atoms with Gasteiger partial charge in [0.15, 0.2) is 5.82 Å². The first-order valence-corrected chi connectivity index (χ1v) is 9.39. The molecule has 7 heteroatoms. The van der Waals surface area contributed by atoms with Gasteiger partial charge in [0.1, 0.15) is 0 Å². The van der Waals surface area contributed by atoms with Gasteiger partial charge >= 0.3 is 0 Å². The summed E-state index contributed by atoms with van der Waals surface area (Å²) in [7, 11) is 0. The number of hydrogen-bond acceptors (Lipinski definition) is 6. The second-order valence-corrected chi connectivity index (χ2v) is 6.80. The zero-order chi connectivity index (χ0) is 18.5. The van der Waals surface area contributed by atoms with E-state index in [-0.39, 0.29) is 0 Å². The largest absolute Gasteiger partial charge is 0.368 e. The summed E-state index contributed by atoms with van der Waals surface area (Å²) in [4.78, 5) is 9.17. The van der Waals surface area contributed by atoms with E-state index in [1.165, 1.54) is 5.69 Å². The van der Waals surface area contributed by atoms with Crippen molar-refractivity contribution in [3.63, 3.8) is 0 Å². The lowest BCUT2D eigenvalue weighted by Gasteiger charge is -2.35. The van der Waals surface area contributed by atoms with Gasteiger partial charge in [-0.05, 0) is 23.8 Å². The summed E-state index contributed by atoms with van der Waals surface area (Å²) in [5, 5.41) is 12.3. The Morgan fingerprint density at radius 2 is 1.59 bits per heavy atom. The Labute approximate surface area is 163 Å². The van der Waals surface area contributed by atoms with Crippen molar-refractivity contribution in [3.05, 3.63) is 71.4 Å². The van der Waals surface area contributed by atoms with Crippen LogP contribution in [0.15, 0.2) is 60.8 Å². The van der Waals surface area contributed by atoms with E-state index in [0.29, 0.717) is 18.3 Å². The van der Waals surface area contributed by atoms with Crippen LogP contribution in [0, 0.1) is 0 Å². The first kappa shape index (κ1) is 17.5. The average molecular weight is 381 g/mol. The lowest BCUT2D eigenvalue weighted by atomic mass is 10.2. The van der Waals surface area contributed by atoms with E-state index in [1.54, 1.807) is 6.20 Å². The zero-order valence-electron chi connectivity index (χ0n) is 14.9. The van der Waals surface area contributed by atoms with Crippen LogP contribution in [0.4, 0.5) is 17.5 Å². The van der Waals surface area contributed by atoms with E-state index in [4.69, 9.17) is 11.6 Å². The average Bonchev–Trinajstić information content (AvgIpc) is 2.74. The molecule has 0 bridgehead atoms. The number of anilines is 3. The molecule has 0 amide bonds. The van der Waals surface area contributed by atoms with E-state index < -0.39 is 0 Å². The van der Waals surface area contributed by atoms with Gasteiger partial charge < -0.3 is 15.1 Å². The van der Waals surface area contributed by atoms with Gasteiger partial charge in [-0.15, -0.1) is 5.10 Å². The number of aromatic nitrogens is 3. The molecule has 1 N–H and O–H groups in total. The number of rotatable bonds is 5. The standard InChI is InChI=1S/C20H21ClN6/c21-18-9-5-4-6-16(18)14-22-19-15-23-25-20(24-19)27-12-10-26(11-13-27)17-7-2-1-3-8-17/h1-9,15H,10-14H2,(H,22,24,25). The second-order valence-electron chi connectivity index (χ2n) is 6.40. The van der Waals surface area contributed by atoms with Gasteiger partial charge in [0.25, 0.3) is 0 Å². The molecule has 6 nitrogen and oxygen atoms in total. The number of halogens is 1. The fourth-order valence-corrected chi connectivity index (χ4v) is 3.35. The summed E-state index contributed by atoms with van der Waals surface area (Å²) in [6.45, 7) is 4.20. The van der Waals surface area contributed by atoms with Gasteiger partial charge in [0.2, 0.25) is 5.95 Å². The molecule has 0 spiro atoms. The van der Waals surface area contributed by atoms with Crippen molar-refractivity contribution < 1.29 is 0 Å². The summed E-state index contributed by atoms with van der Waals surface area (Å²) in [5.74, 6) is 1.36. The van der Waals surface area contributed by atoms with Crippen LogP contribution in [0.25, 0.3) is 0 Å². The van der Waals surface area contributed by atoms with Crippen molar-refractivity contribution in [2.75, 3.05) is 41.3 Å². The fourth-order valence-electron chi connectivity index (χ4n) is 3.14. The monoisotopic (exact) mass is 380 g/mol. The van der Waals surface area contributed by atoms with Gasteiger partial charge in [-0.2, -0.15) is 10.1 Å². The quantitative estimate of drug-likeness (QED) is 0.731. The molecule has 1 saturated heterocycles. The number of para-hydroxylation sites is 1. The molecule has 0 aliphatic carbocycles. The molecule has 2 aromatic carbocycles. The molecule has 27 heavy (non-hydrogen) atoms. The second kappa shape index (κ2) is 8.22. The first-order valence-electron chi connectivity index (χ1n) is 9.01. The van der Waals surface area contributed by atoms with Crippen molar-refractivity contribution in [2.45, 2.75) is 6.54 Å². The molecule has 4 rings (SSSR count). The van der Waals surface area contributed by atoms with Crippen LogP contribution in [0.2, 0.25) is 5.02 Å². The smallest absolute Gasteiger partial charge is 0.247 e. The Bertz CT molecular complexity index is 880. The Kier molecular flexibility index (Phi) is 5.34. The predicted octanol–water partition coefficient (Wildman–Crippen LogP) is 3.46. The summed E-state index contributed by atoms with van der Waals surface area (Å²) >= 11 is 6.21. The lowest BCUT2D eigenvalue weighted by molar-refractivity contribution is 0.635. The molecule has 0 radical (unpaired) electrons. The van der Waals surface area contributed by atoms with E-state index >= 15 is 0 Å². The van der Waals surface area contributed by atoms with Crippen LogP contribution in [0.1, 0.15) is 5.56 Å². The molecule has 1 aliphatic heterocycles. The van der Waals surface area contributed by atoms with E-state index in [1.807, 2.05) is 30.3 Å². The first-order chi connectivity index (χ1) is 13.3. The Balaban J connectivity index is 1.37. The fraction of sp³-hybridized carbons (Fsp3) is 0.250. The molecule has 0 unspecified atom stereocenters. The molecule has 0 saturated carbocycles. The minimum Gasteiger partial charge on any atom is -0.368 e. The Morgan fingerprint density at radius 3 is 2.37 bits per heavy atom. The van der Waals surface area contributed by atoms with Crippen molar-refractivity contribution in [2.24, 2.45) is 0 Å². The van der Waals surface area contributed by atoms with Crippen LogP contribution in [0.5, 0.6) is 0 Å². The maximum Gasteiger partial charge on any atom is 0.247 e. The predicted molar refractivity (Wildman–Crippen MR) is 109 cm³/mol. The number of benzene rings is 2.